The molecule has 0 aliphatic carbocycles. The first-order valence-corrected chi connectivity index (χ1v) is 9.59. The minimum Gasteiger partial charge on any atom is -0.450 e. The molecule has 1 amide bonds. The molecule has 4 rings (SSSR count). The molecule has 1 aromatic heterocycles. The number of carbonyl (C=O) groups excluding carboxylic acids is 1. The molecule has 0 bridgehead atoms. The van der Waals surface area contributed by atoms with E-state index in [2.05, 4.69) is 5.32 Å². The van der Waals surface area contributed by atoms with Gasteiger partial charge in [0.1, 0.15) is 5.58 Å². The lowest BCUT2D eigenvalue weighted by Crippen LogP contribution is -2.36. The van der Waals surface area contributed by atoms with Crippen LogP contribution in [-0.4, -0.2) is 32.2 Å². The Labute approximate surface area is 171 Å². The number of rotatable bonds is 3. The van der Waals surface area contributed by atoms with Gasteiger partial charge in [0.2, 0.25) is 0 Å². The number of halogens is 3. The van der Waals surface area contributed by atoms with Gasteiger partial charge in [0.25, 0.3) is 5.91 Å². The molecule has 1 aliphatic rings. The highest BCUT2D eigenvalue weighted by Gasteiger charge is 2.35. The summed E-state index contributed by atoms with van der Waals surface area (Å²) in [5, 5.41) is 3.15. The molecule has 30 heavy (non-hydrogen) atoms. The van der Waals surface area contributed by atoms with E-state index in [1.165, 1.54) is 6.07 Å². The monoisotopic (exact) mass is 418 g/mol. The summed E-state index contributed by atoms with van der Waals surface area (Å²) in [4.78, 5) is 14.6. The second-order valence-corrected chi connectivity index (χ2v) is 7.29. The van der Waals surface area contributed by atoms with E-state index in [0.717, 1.165) is 17.0 Å². The van der Waals surface area contributed by atoms with Crippen molar-refractivity contribution >= 4 is 28.3 Å². The summed E-state index contributed by atoms with van der Waals surface area (Å²) in [5.74, 6) is -0.711. The number of carbonyl (C=O) groups is 1. The third kappa shape index (κ3) is 3.75. The Morgan fingerprint density at radius 2 is 1.83 bits per heavy atom. The summed E-state index contributed by atoms with van der Waals surface area (Å²) in [7, 11) is 0. The van der Waals surface area contributed by atoms with Crippen molar-refractivity contribution in [3.05, 3.63) is 58.8 Å². The molecule has 3 aromatic rings. The molecule has 1 N–H and O–H groups in total. The molecule has 0 spiro atoms. The van der Waals surface area contributed by atoms with Gasteiger partial charge in [-0.05, 0) is 37.6 Å². The van der Waals surface area contributed by atoms with Crippen molar-refractivity contribution in [3.63, 3.8) is 0 Å². The lowest BCUT2D eigenvalue weighted by molar-refractivity contribution is -0.136. The van der Waals surface area contributed by atoms with Crippen LogP contribution in [0.2, 0.25) is 0 Å². The van der Waals surface area contributed by atoms with Gasteiger partial charge >= 0.3 is 6.18 Å². The van der Waals surface area contributed by atoms with E-state index in [-0.39, 0.29) is 11.4 Å². The van der Waals surface area contributed by atoms with Crippen LogP contribution < -0.4 is 10.2 Å². The summed E-state index contributed by atoms with van der Waals surface area (Å²) in [5.41, 5.74) is 1.23. The third-order valence-corrected chi connectivity index (χ3v) is 5.30. The molecule has 2 heterocycles. The Morgan fingerprint density at radius 3 is 2.50 bits per heavy atom. The normalized spacial score (nSPS) is 14.9. The predicted molar refractivity (Wildman–Crippen MR) is 108 cm³/mol. The number of para-hydroxylation sites is 1. The van der Waals surface area contributed by atoms with E-state index in [9.17, 15) is 18.0 Å². The Bertz CT molecular complexity index is 1100. The maximum atomic E-state index is 13.7. The molecular weight excluding hydrogens is 397 g/mol. The van der Waals surface area contributed by atoms with Gasteiger partial charge < -0.3 is 19.4 Å². The van der Waals surface area contributed by atoms with Crippen LogP contribution in [-0.2, 0) is 10.9 Å². The number of aryl methyl sites for hydroxylation is 2. The van der Waals surface area contributed by atoms with Crippen LogP contribution in [0.3, 0.4) is 0 Å². The number of nitrogens with one attached hydrogen (secondary N) is 1. The van der Waals surface area contributed by atoms with E-state index in [1.54, 1.807) is 13.0 Å². The topological polar surface area (TPSA) is 54.7 Å². The fourth-order valence-electron chi connectivity index (χ4n) is 3.67. The maximum Gasteiger partial charge on any atom is 0.418 e. The molecule has 0 saturated carbocycles. The van der Waals surface area contributed by atoms with Crippen molar-refractivity contribution in [1.29, 1.82) is 0 Å². The van der Waals surface area contributed by atoms with Gasteiger partial charge in [-0.3, -0.25) is 4.79 Å². The number of amides is 1. The van der Waals surface area contributed by atoms with E-state index in [0.29, 0.717) is 43.1 Å². The number of furan rings is 1. The molecule has 5 nitrogen and oxygen atoms in total. The zero-order chi connectivity index (χ0) is 21.5. The van der Waals surface area contributed by atoms with Gasteiger partial charge in [0.05, 0.1) is 24.5 Å². The quantitative estimate of drug-likeness (QED) is 0.639. The summed E-state index contributed by atoms with van der Waals surface area (Å²) < 4.78 is 52.1. The number of fused-ring (bicyclic) bond motifs is 1. The van der Waals surface area contributed by atoms with E-state index in [1.807, 2.05) is 30.0 Å². The van der Waals surface area contributed by atoms with Gasteiger partial charge in [-0.15, -0.1) is 0 Å². The highest BCUT2D eigenvalue weighted by molar-refractivity contribution is 6.07. The first kappa shape index (κ1) is 20.3. The predicted octanol–water partition coefficient (Wildman–Crippen LogP) is 5.16. The Kier molecular flexibility index (Phi) is 5.19. The van der Waals surface area contributed by atoms with E-state index >= 15 is 0 Å². The fraction of sp³-hybridized carbons (Fsp3) is 0.318. The number of hydrogen-bond donors (Lipinski definition) is 1. The smallest absolute Gasteiger partial charge is 0.418 e. The molecule has 1 saturated heterocycles. The van der Waals surface area contributed by atoms with Gasteiger partial charge in [-0.1, -0.05) is 18.2 Å². The standard InChI is InChI=1S/C22H21F3N2O3/c1-13-4-3-5-16-14(2)20(30-19(13)16)21(28)26-18-7-6-15(12-17(18)22(23,24)25)27-8-10-29-11-9-27/h3-7,12H,8-11H2,1-2H3,(H,26,28). The Morgan fingerprint density at radius 1 is 1.10 bits per heavy atom. The molecule has 8 heteroatoms. The van der Waals surface area contributed by atoms with Crippen LogP contribution in [0.15, 0.2) is 40.8 Å². The number of alkyl halides is 3. The molecule has 1 fully saturated rings. The third-order valence-electron chi connectivity index (χ3n) is 5.30. The minimum atomic E-state index is -4.62. The van der Waals surface area contributed by atoms with Crippen molar-refractivity contribution in [1.82, 2.24) is 0 Å². The second kappa shape index (κ2) is 7.68. The van der Waals surface area contributed by atoms with Gasteiger partial charge in [0.15, 0.2) is 5.76 Å². The zero-order valence-electron chi connectivity index (χ0n) is 16.6. The van der Waals surface area contributed by atoms with Crippen molar-refractivity contribution in [2.24, 2.45) is 0 Å². The van der Waals surface area contributed by atoms with Gasteiger partial charge in [-0.2, -0.15) is 13.2 Å². The molecule has 158 valence electrons. The number of ether oxygens (including phenoxy) is 1. The second-order valence-electron chi connectivity index (χ2n) is 7.29. The van der Waals surface area contributed by atoms with E-state index in [4.69, 9.17) is 9.15 Å². The Balaban J connectivity index is 1.67. The molecule has 2 aromatic carbocycles. The molecule has 1 aliphatic heterocycles. The Hall–Kier alpha value is -3.00. The van der Waals surface area contributed by atoms with Gasteiger partial charge in [-0.25, -0.2) is 0 Å². The number of hydrogen-bond acceptors (Lipinski definition) is 4. The largest absolute Gasteiger partial charge is 0.450 e. The lowest BCUT2D eigenvalue weighted by Gasteiger charge is -2.29. The zero-order valence-corrected chi connectivity index (χ0v) is 16.6. The van der Waals surface area contributed by atoms with Crippen molar-refractivity contribution in [3.8, 4) is 0 Å². The van der Waals surface area contributed by atoms with Crippen molar-refractivity contribution in [2.45, 2.75) is 20.0 Å². The SMILES string of the molecule is Cc1c(C(=O)Nc2ccc(N3CCOCC3)cc2C(F)(F)F)oc2c(C)cccc12. The van der Waals surface area contributed by atoms with Crippen molar-refractivity contribution in [2.75, 3.05) is 36.5 Å². The number of nitrogens with zero attached hydrogens (tertiary/aromatic N) is 1. The summed E-state index contributed by atoms with van der Waals surface area (Å²) >= 11 is 0. The molecule has 0 unspecified atom stereocenters. The highest BCUT2D eigenvalue weighted by atomic mass is 19.4. The average Bonchev–Trinajstić information content (AvgIpc) is 3.06. The fourth-order valence-corrected chi connectivity index (χ4v) is 3.67. The number of morpholine rings is 1. The van der Waals surface area contributed by atoms with Crippen molar-refractivity contribution < 1.29 is 27.1 Å². The summed E-state index contributed by atoms with van der Waals surface area (Å²) in [6, 6.07) is 9.43. The van der Waals surface area contributed by atoms with Gasteiger partial charge in [0, 0.05) is 29.7 Å². The number of anilines is 2. The summed E-state index contributed by atoms with van der Waals surface area (Å²) in [6.45, 7) is 5.52. The lowest BCUT2D eigenvalue weighted by atomic mass is 10.1. The highest BCUT2D eigenvalue weighted by Crippen LogP contribution is 2.38. The number of benzene rings is 2. The molecule has 0 radical (unpaired) electrons. The molecular formula is C22H21F3N2O3. The van der Waals surface area contributed by atoms with Crippen LogP contribution in [0.1, 0.15) is 27.2 Å². The maximum absolute atomic E-state index is 13.7. The first-order valence-electron chi connectivity index (χ1n) is 9.59. The van der Waals surface area contributed by atoms with Crippen LogP contribution in [0.5, 0.6) is 0 Å². The summed E-state index contributed by atoms with van der Waals surface area (Å²) in [6.07, 6.45) is -4.62. The van der Waals surface area contributed by atoms with Crippen LogP contribution in [0, 0.1) is 13.8 Å². The van der Waals surface area contributed by atoms with E-state index < -0.39 is 17.6 Å². The van der Waals surface area contributed by atoms with Crippen LogP contribution >= 0.6 is 0 Å². The van der Waals surface area contributed by atoms with Crippen LogP contribution in [0.4, 0.5) is 24.5 Å². The molecule has 0 atom stereocenters. The average molecular weight is 418 g/mol. The minimum absolute atomic E-state index is 0.00433. The first-order chi connectivity index (χ1) is 14.3. The van der Waals surface area contributed by atoms with Crippen LogP contribution in [0.25, 0.3) is 11.0 Å².